The predicted molar refractivity (Wildman–Crippen MR) is 101 cm³/mol. The molecule has 0 aromatic carbocycles. The third-order valence-electron chi connectivity index (χ3n) is 5.21. The maximum atomic E-state index is 10.0. The summed E-state index contributed by atoms with van der Waals surface area (Å²) in [5.41, 5.74) is 5.21. The zero-order valence-electron chi connectivity index (χ0n) is 15.5. The lowest BCUT2D eigenvalue weighted by Crippen LogP contribution is -2.25. The summed E-state index contributed by atoms with van der Waals surface area (Å²) in [7, 11) is 1.95. The molecule has 25 heavy (non-hydrogen) atoms. The van der Waals surface area contributed by atoms with E-state index in [9.17, 15) is 5.26 Å². The number of pyridine rings is 1. The molecule has 2 heterocycles. The van der Waals surface area contributed by atoms with E-state index in [0.717, 1.165) is 49.4 Å². The van der Waals surface area contributed by atoms with Crippen LogP contribution in [0, 0.1) is 11.3 Å². The predicted octanol–water partition coefficient (Wildman–Crippen LogP) is 3.86. The minimum absolute atomic E-state index is 0.701. The molecule has 0 unspecified atom stereocenters. The number of anilines is 1. The first kappa shape index (κ1) is 17.5. The first-order valence-electron chi connectivity index (χ1n) is 9.40. The van der Waals surface area contributed by atoms with E-state index < -0.39 is 0 Å². The topological polar surface area (TPSA) is 57.7 Å². The number of nitriles is 1. The summed E-state index contributed by atoms with van der Waals surface area (Å²) in [6, 6.07) is 4.48. The van der Waals surface area contributed by atoms with Gasteiger partial charge in [-0.3, -0.25) is 4.68 Å². The van der Waals surface area contributed by atoms with Gasteiger partial charge in [0.15, 0.2) is 0 Å². The second-order valence-corrected chi connectivity index (χ2v) is 6.65. The van der Waals surface area contributed by atoms with E-state index in [-0.39, 0.29) is 0 Å². The largest absolute Gasteiger partial charge is 0.356 e. The fourth-order valence-corrected chi connectivity index (χ4v) is 3.84. The minimum Gasteiger partial charge on any atom is -0.356 e. The van der Waals surface area contributed by atoms with Crippen molar-refractivity contribution in [2.75, 3.05) is 18.0 Å². The number of fused-ring (bicyclic) bond motifs is 1. The van der Waals surface area contributed by atoms with Crippen molar-refractivity contribution in [3.8, 4) is 17.3 Å². The highest BCUT2D eigenvalue weighted by Gasteiger charge is 2.25. The summed E-state index contributed by atoms with van der Waals surface area (Å²) in [4.78, 5) is 7.19. The monoisotopic (exact) mass is 337 g/mol. The third kappa shape index (κ3) is 3.26. The molecule has 0 bridgehead atoms. The lowest BCUT2D eigenvalue weighted by molar-refractivity contribution is 0.608. The molecule has 1 aliphatic rings. The van der Waals surface area contributed by atoms with Crippen molar-refractivity contribution in [3.63, 3.8) is 0 Å². The van der Waals surface area contributed by atoms with Gasteiger partial charge in [0.25, 0.3) is 0 Å². The Bertz CT molecular complexity index is 780. The van der Waals surface area contributed by atoms with E-state index in [1.165, 1.54) is 30.5 Å². The van der Waals surface area contributed by atoms with Crippen LogP contribution < -0.4 is 4.90 Å². The molecule has 2 aromatic rings. The van der Waals surface area contributed by atoms with Crippen LogP contribution in [0.25, 0.3) is 11.3 Å². The van der Waals surface area contributed by atoms with Gasteiger partial charge in [-0.15, -0.1) is 0 Å². The molecule has 0 saturated carbocycles. The number of hydrogen-bond acceptors (Lipinski definition) is 4. The number of hydrogen-bond donors (Lipinski definition) is 0. The van der Waals surface area contributed by atoms with Crippen molar-refractivity contribution in [2.24, 2.45) is 7.05 Å². The molecule has 0 atom stereocenters. The van der Waals surface area contributed by atoms with Crippen molar-refractivity contribution in [1.82, 2.24) is 14.8 Å². The Balaban J connectivity index is 2.32. The normalized spacial score (nSPS) is 14.3. The summed E-state index contributed by atoms with van der Waals surface area (Å²) < 4.78 is 1.88. The Morgan fingerprint density at radius 3 is 2.48 bits per heavy atom. The molecule has 0 radical (unpaired) electrons. The van der Waals surface area contributed by atoms with Crippen LogP contribution in [0.2, 0.25) is 0 Å². The molecule has 0 fully saturated rings. The fraction of sp³-hybridized carbons (Fsp3) is 0.550. The van der Waals surface area contributed by atoms with Gasteiger partial charge >= 0.3 is 0 Å². The quantitative estimate of drug-likeness (QED) is 0.850. The van der Waals surface area contributed by atoms with Crippen molar-refractivity contribution in [3.05, 3.63) is 29.1 Å². The summed E-state index contributed by atoms with van der Waals surface area (Å²) in [5, 5.41) is 14.4. The van der Waals surface area contributed by atoms with E-state index >= 15 is 0 Å². The summed E-state index contributed by atoms with van der Waals surface area (Å²) in [6.45, 7) is 5.93. The van der Waals surface area contributed by atoms with Crippen LogP contribution in [0.1, 0.15) is 56.4 Å². The lowest BCUT2D eigenvalue weighted by Gasteiger charge is -2.26. The van der Waals surface area contributed by atoms with Crippen molar-refractivity contribution in [2.45, 2.75) is 52.4 Å². The zero-order chi connectivity index (χ0) is 17.8. The van der Waals surface area contributed by atoms with Gasteiger partial charge in [0.05, 0.1) is 5.69 Å². The molecule has 0 spiro atoms. The first-order chi connectivity index (χ1) is 12.2. The van der Waals surface area contributed by atoms with Gasteiger partial charge in [-0.05, 0) is 51.2 Å². The number of nitrogens with zero attached hydrogens (tertiary/aromatic N) is 5. The smallest absolute Gasteiger partial charge is 0.147 e. The molecule has 1 aliphatic carbocycles. The summed E-state index contributed by atoms with van der Waals surface area (Å²) in [5.74, 6) is 0.836. The Labute approximate surface area is 150 Å². The minimum atomic E-state index is 0.701. The molecule has 2 aromatic heterocycles. The average Bonchev–Trinajstić information content (AvgIpc) is 3.02. The van der Waals surface area contributed by atoms with E-state index in [4.69, 9.17) is 4.98 Å². The molecule has 0 saturated heterocycles. The molecule has 132 valence electrons. The maximum absolute atomic E-state index is 10.0. The highest BCUT2D eigenvalue weighted by Crippen LogP contribution is 2.36. The maximum Gasteiger partial charge on any atom is 0.147 e. The molecule has 5 heteroatoms. The highest BCUT2D eigenvalue weighted by atomic mass is 15.3. The van der Waals surface area contributed by atoms with Crippen molar-refractivity contribution < 1.29 is 0 Å². The lowest BCUT2D eigenvalue weighted by atomic mass is 9.89. The van der Waals surface area contributed by atoms with Crippen LogP contribution in [-0.4, -0.2) is 27.9 Å². The fourth-order valence-electron chi connectivity index (χ4n) is 3.84. The van der Waals surface area contributed by atoms with Gasteiger partial charge in [0.1, 0.15) is 17.5 Å². The van der Waals surface area contributed by atoms with E-state index in [1.54, 1.807) is 0 Å². The SMILES string of the molecule is CCN(CC)c1nc2c(c(-c3ccnn3C)c1C#N)CCCCCC2. The molecule has 0 amide bonds. The van der Waals surface area contributed by atoms with Gasteiger partial charge in [0, 0.05) is 37.6 Å². The molecule has 0 aliphatic heterocycles. The average molecular weight is 337 g/mol. The van der Waals surface area contributed by atoms with Crippen LogP contribution in [0.4, 0.5) is 5.82 Å². The Morgan fingerprint density at radius 1 is 1.16 bits per heavy atom. The Hall–Kier alpha value is -2.35. The number of aryl methyl sites for hydroxylation is 2. The Kier molecular flexibility index (Phi) is 5.37. The number of rotatable bonds is 4. The standard InChI is InChI=1S/C20H27N5/c1-4-25(5-2)20-16(14-21)19(18-12-13-22-24(18)3)15-10-8-6-7-9-11-17(15)23-20/h12-13H,4-11H2,1-3H3. The summed E-state index contributed by atoms with van der Waals surface area (Å²) in [6.07, 6.45) is 8.66. The molecular weight excluding hydrogens is 310 g/mol. The van der Waals surface area contributed by atoms with Crippen molar-refractivity contribution >= 4 is 5.82 Å². The van der Waals surface area contributed by atoms with Crippen LogP contribution in [0.3, 0.4) is 0 Å². The van der Waals surface area contributed by atoms with Gasteiger partial charge < -0.3 is 4.90 Å². The third-order valence-corrected chi connectivity index (χ3v) is 5.21. The first-order valence-corrected chi connectivity index (χ1v) is 9.40. The Morgan fingerprint density at radius 2 is 1.88 bits per heavy atom. The highest BCUT2D eigenvalue weighted by molar-refractivity contribution is 5.78. The van der Waals surface area contributed by atoms with Gasteiger partial charge in [-0.25, -0.2) is 4.98 Å². The van der Waals surface area contributed by atoms with Crippen LogP contribution in [0.5, 0.6) is 0 Å². The van der Waals surface area contributed by atoms with Crippen molar-refractivity contribution in [1.29, 1.82) is 5.26 Å². The van der Waals surface area contributed by atoms with E-state index in [2.05, 4.69) is 29.9 Å². The number of aromatic nitrogens is 3. The van der Waals surface area contributed by atoms with Gasteiger partial charge in [-0.1, -0.05) is 12.8 Å². The molecular formula is C20H27N5. The second-order valence-electron chi connectivity index (χ2n) is 6.65. The van der Waals surface area contributed by atoms with E-state index in [1.807, 2.05) is 24.0 Å². The van der Waals surface area contributed by atoms with E-state index in [0.29, 0.717) is 5.56 Å². The molecule has 0 N–H and O–H groups in total. The van der Waals surface area contributed by atoms with Crippen LogP contribution >= 0.6 is 0 Å². The molecule has 3 rings (SSSR count). The van der Waals surface area contributed by atoms with Crippen LogP contribution in [0.15, 0.2) is 12.3 Å². The van der Waals surface area contributed by atoms with Gasteiger partial charge in [0.2, 0.25) is 0 Å². The van der Waals surface area contributed by atoms with Crippen LogP contribution in [-0.2, 0) is 19.9 Å². The van der Waals surface area contributed by atoms with Gasteiger partial charge in [-0.2, -0.15) is 10.4 Å². The second kappa shape index (κ2) is 7.69. The zero-order valence-corrected chi connectivity index (χ0v) is 15.5. The molecule has 5 nitrogen and oxygen atoms in total. The summed E-state index contributed by atoms with van der Waals surface area (Å²) >= 11 is 0.